The number of aromatic nitrogens is 1. The number of halogens is 1. The first kappa shape index (κ1) is 12.6. The van der Waals surface area contributed by atoms with E-state index in [1.807, 2.05) is 12.3 Å². The van der Waals surface area contributed by atoms with Crippen LogP contribution in [0.15, 0.2) is 16.7 Å². The number of nitrogens with zero attached hydrogens (tertiary/aromatic N) is 1. The van der Waals surface area contributed by atoms with E-state index in [1.54, 1.807) is 0 Å². The Balaban J connectivity index is 1.93. The highest BCUT2D eigenvalue weighted by Gasteiger charge is 2.27. The molecule has 1 aliphatic rings. The van der Waals surface area contributed by atoms with Crippen molar-refractivity contribution in [3.05, 3.63) is 22.4 Å². The molecule has 0 saturated heterocycles. The van der Waals surface area contributed by atoms with Gasteiger partial charge in [0.15, 0.2) is 0 Å². The van der Waals surface area contributed by atoms with Gasteiger partial charge in [-0.25, -0.2) is 0 Å². The van der Waals surface area contributed by atoms with Crippen molar-refractivity contribution < 1.29 is 4.79 Å². The number of hydrogen-bond donors (Lipinski definition) is 2. The molecular weight excluding hydrogens is 282 g/mol. The molecule has 0 radical (unpaired) electrons. The highest BCUT2D eigenvalue weighted by molar-refractivity contribution is 9.10. The molecule has 94 valence electrons. The average Bonchev–Trinajstić information content (AvgIpc) is 3.08. The fourth-order valence-corrected chi connectivity index (χ4v) is 2.25. The highest BCUT2D eigenvalue weighted by Crippen LogP contribution is 2.37. The largest absolute Gasteiger partial charge is 0.349 e. The van der Waals surface area contributed by atoms with Gasteiger partial charge in [-0.3, -0.25) is 4.79 Å². The van der Waals surface area contributed by atoms with E-state index in [4.69, 9.17) is 0 Å². The Labute approximate surface area is 110 Å². The van der Waals surface area contributed by atoms with Gasteiger partial charge in [0.1, 0.15) is 5.69 Å². The molecule has 1 aliphatic carbocycles. The zero-order valence-electron chi connectivity index (χ0n) is 10.0. The quantitative estimate of drug-likeness (QED) is 0.789. The summed E-state index contributed by atoms with van der Waals surface area (Å²) in [4.78, 5) is 12.0. The second-order valence-electron chi connectivity index (χ2n) is 4.29. The molecular formula is C12H18BrN3O. The summed E-state index contributed by atoms with van der Waals surface area (Å²) in [5, 5.41) is 6.11. The molecule has 17 heavy (non-hydrogen) atoms. The molecule has 1 aromatic heterocycles. The van der Waals surface area contributed by atoms with Gasteiger partial charge in [-0.15, -0.1) is 0 Å². The molecule has 1 aromatic rings. The lowest BCUT2D eigenvalue weighted by Gasteiger charge is -2.08. The Kier molecular flexibility index (Phi) is 4.23. The summed E-state index contributed by atoms with van der Waals surface area (Å²) in [7, 11) is 0. The minimum Gasteiger partial charge on any atom is -0.349 e. The summed E-state index contributed by atoms with van der Waals surface area (Å²) in [6.45, 7) is 4.46. The van der Waals surface area contributed by atoms with Crippen molar-refractivity contribution >= 4 is 21.8 Å². The Hall–Kier alpha value is -0.810. The first-order chi connectivity index (χ1) is 8.22. The Morgan fingerprint density at radius 3 is 2.94 bits per heavy atom. The standard InChI is InChI=1S/C12H18BrN3O/c1-2-14-5-6-15-12(17)11-7-9(13)8-16(11)10-3-4-10/h7-8,10,14H,2-6H2,1H3,(H,15,17). The van der Waals surface area contributed by atoms with Gasteiger partial charge in [-0.1, -0.05) is 6.92 Å². The minimum absolute atomic E-state index is 0.0144. The van der Waals surface area contributed by atoms with Crippen molar-refractivity contribution in [1.29, 1.82) is 0 Å². The second-order valence-corrected chi connectivity index (χ2v) is 5.21. The van der Waals surface area contributed by atoms with Gasteiger partial charge in [-0.05, 0) is 41.4 Å². The van der Waals surface area contributed by atoms with E-state index in [9.17, 15) is 4.79 Å². The van der Waals surface area contributed by atoms with Gasteiger partial charge in [0.25, 0.3) is 5.91 Å². The van der Waals surface area contributed by atoms with Crippen LogP contribution in [0.2, 0.25) is 0 Å². The SMILES string of the molecule is CCNCCNC(=O)c1cc(Br)cn1C1CC1. The number of amides is 1. The Morgan fingerprint density at radius 1 is 1.53 bits per heavy atom. The third-order valence-corrected chi connectivity index (χ3v) is 3.26. The lowest BCUT2D eigenvalue weighted by Crippen LogP contribution is -2.32. The molecule has 0 aliphatic heterocycles. The Morgan fingerprint density at radius 2 is 2.29 bits per heavy atom. The van der Waals surface area contributed by atoms with Crippen molar-refractivity contribution in [2.24, 2.45) is 0 Å². The monoisotopic (exact) mass is 299 g/mol. The number of rotatable bonds is 6. The van der Waals surface area contributed by atoms with E-state index < -0.39 is 0 Å². The second kappa shape index (κ2) is 5.69. The normalized spacial score (nSPS) is 14.9. The molecule has 4 nitrogen and oxygen atoms in total. The first-order valence-electron chi connectivity index (χ1n) is 6.08. The molecule has 0 bridgehead atoms. The first-order valence-corrected chi connectivity index (χ1v) is 6.88. The van der Waals surface area contributed by atoms with E-state index in [2.05, 4.69) is 38.1 Å². The van der Waals surface area contributed by atoms with Crippen LogP contribution in [0.5, 0.6) is 0 Å². The van der Waals surface area contributed by atoms with E-state index in [0.717, 1.165) is 23.3 Å². The third-order valence-electron chi connectivity index (χ3n) is 2.83. The zero-order valence-corrected chi connectivity index (χ0v) is 11.6. The summed E-state index contributed by atoms with van der Waals surface area (Å²) >= 11 is 3.43. The average molecular weight is 300 g/mol. The van der Waals surface area contributed by atoms with Gasteiger partial charge in [0, 0.05) is 29.8 Å². The minimum atomic E-state index is 0.0144. The molecule has 1 saturated carbocycles. The van der Waals surface area contributed by atoms with Crippen molar-refractivity contribution in [3.8, 4) is 0 Å². The number of carbonyl (C=O) groups is 1. The van der Waals surface area contributed by atoms with Crippen LogP contribution in [0.25, 0.3) is 0 Å². The van der Waals surface area contributed by atoms with Crippen molar-refractivity contribution in [2.45, 2.75) is 25.8 Å². The van der Waals surface area contributed by atoms with Crippen LogP contribution in [0.1, 0.15) is 36.3 Å². The van der Waals surface area contributed by atoms with Crippen LogP contribution in [-0.2, 0) is 0 Å². The van der Waals surface area contributed by atoms with Gasteiger partial charge in [0.05, 0.1) is 0 Å². The van der Waals surface area contributed by atoms with Crippen molar-refractivity contribution in [2.75, 3.05) is 19.6 Å². The van der Waals surface area contributed by atoms with E-state index in [0.29, 0.717) is 12.6 Å². The fourth-order valence-electron chi connectivity index (χ4n) is 1.81. The molecule has 0 atom stereocenters. The number of nitrogens with one attached hydrogen (secondary N) is 2. The summed E-state index contributed by atoms with van der Waals surface area (Å²) in [6.07, 6.45) is 4.36. The molecule has 1 heterocycles. The summed E-state index contributed by atoms with van der Waals surface area (Å²) in [6, 6.07) is 2.41. The van der Waals surface area contributed by atoms with Crippen LogP contribution in [0.3, 0.4) is 0 Å². The van der Waals surface area contributed by atoms with Gasteiger partial charge < -0.3 is 15.2 Å². The maximum absolute atomic E-state index is 12.0. The molecule has 0 spiro atoms. The van der Waals surface area contributed by atoms with E-state index in [-0.39, 0.29) is 5.91 Å². The molecule has 2 rings (SSSR count). The van der Waals surface area contributed by atoms with Gasteiger partial charge in [0.2, 0.25) is 0 Å². The molecule has 0 aromatic carbocycles. The maximum Gasteiger partial charge on any atom is 0.268 e. The zero-order chi connectivity index (χ0) is 12.3. The number of carbonyl (C=O) groups excluding carboxylic acids is 1. The molecule has 1 fully saturated rings. The van der Waals surface area contributed by atoms with Gasteiger partial charge in [-0.2, -0.15) is 0 Å². The molecule has 0 unspecified atom stereocenters. The summed E-state index contributed by atoms with van der Waals surface area (Å²) in [5.41, 5.74) is 0.760. The smallest absolute Gasteiger partial charge is 0.268 e. The summed E-state index contributed by atoms with van der Waals surface area (Å²) < 4.78 is 3.05. The predicted molar refractivity (Wildman–Crippen MR) is 71.3 cm³/mol. The summed E-state index contributed by atoms with van der Waals surface area (Å²) in [5.74, 6) is 0.0144. The van der Waals surface area contributed by atoms with Gasteiger partial charge >= 0.3 is 0 Å². The van der Waals surface area contributed by atoms with Crippen LogP contribution in [0, 0.1) is 0 Å². The maximum atomic E-state index is 12.0. The lowest BCUT2D eigenvalue weighted by atomic mass is 10.4. The van der Waals surface area contributed by atoms with E-state index >= 15 is 0 Å². The number of hydrogen-bond acceptors (Lipinski definition) is 2. The van der Waals surface area contributed by atoms with Crippen molar-refractivity contribution in [3.63, 3.8) is 0 Å². The van der Waals surface area contributed by atoms with Crippen LogP contribution >= 0.6 is 15.9 Å². The lowest BCUT2D eigenvalue weighted by molar-refractivity contribution is 0.0944. The third kappa shape index (κ3) is 3.33. The Bertz CT molecular complexity index is 398. The van der Waals surface area contributed by atoms with E-state index in [1.165, 1.54) is 12.8 Å². The molecule has 2 N–H and O–H groups in total. The van der Waals surface area contributed by atoms with Crippen LogP contribution in [0.4, 0.5) is 0 Å². The molecule has 5 heteroatoms. The predicted octanol–water partition coefficient (Wildman–Crippen LogP) is 1.92. The van der Waals surface area contributed by atoms with Crippen LogP contribution < -0.4 is 10.6 Å². The highest BCUT2D eigenvalue weighted by atomic mass is 79.9. The number of likely N-dealkylation sites (N-methyl/N-ethyl adjacent to an activating group) is 1. The topological polar surface area (TPSA) is 46.1 Å². The van der Waals surface area contributed by atoms with Crippen molar-refractivity contribution in [1.82, 2.24) is 15.2 Å². The fraction of sp³-hybridized carbons (Fsp3) is 0.583. The molecule has 1 amide bonds. The van der Waals surface area contributed by atoms with Crippen LogP contribution in [-0.4, -0.2) is 30.1 Å².